The molecule has 3 nitrogen and oxygen atoms in total. The van der Waals surface area contributed by atoms with Gasteiger partial charge in [-0.25, -0.2) is 0 Å². The van der Waals surface area contributed by atoms with Crippen LogP contribution in [0, 0.1) is 18.3 Å². The maximum absolute atomic E-state index is 8.41. The van der Waals surface area contributed by atoms with Gasteiger partial charge in [-0.3, -0.25) is 0 Å². The number of nitrogens with zero attached hydrogens (tertiary/aromatic N) is 1. The molecule has 0 aliphatic heterocycles. The monoisotopic (exact) mass is 266 g/mol. The summed E-state index contributed by atoms with van der Waals surface area (Å²) >= 11 is 6.10. The summed E-state index contributed by atoms with van der Waals surface area (Å²) in [4.78, 5) is 0. The fourth-order valence-corrected chi connectivity index (χ4v) is 2.03. The molecule has 1 N–H and O–H groups in total. The Morgan fingerprint density at radius 3 is 2.83 bits per heavy atom. The van der Waals surface area contributed by atoms with Gasteiger partial charge in [0.2, 0.25) is 0 Å². The van der Waals surface area contributed by atoms with Gasteiger partial charge in [0.1, 0.15) is 5.75 Å². The molecule has 0 saturated carbocycles. The van der Waals surface area contributed by atoms with Gasteiger partial charge in [-0.2, -0.15) is 5.26 Å². The van der Waals surface area contributed by atoms with E-state index in [4.69, 9.17) is 21.6 Å². The number of nitrogens with one attached hydrogen (secondary N) is 1. The molecule has 98 valence electrons. The van der Waals surface area contributed by atoms with Crippen molar-refractivity contribution >= 4 is 11.6 Å². The van der Waals surface area contributed by atoms with Gasteiger partial charge in [-0.1, -0.05) is 11.6 Å². The van der Waals surface area contributed by atoms with E-state index in [0.29, 0.717) is 11.4 Å². The molecular formula is C14H19ClN2O. The Balaban J connectivity index is 2.43. The van der Waals surface area contributed by atoms with Crippen molar-refractivity contribution in [3.05, 3.63) is 28.3 Å². The first-order valence-corrected chi connectivity index (χ1v) is 6.47. The standard InChI is InChI=1S/C14H19ClN2O/c1-11-9-14(18-2)13(15)10-12(11)5-8-17-7-4-3-6-16/h9-10,17H,3-5,7-8H2,1-2H3. The zero-order chi connectivity index (χ0) is 13.4. The number of hydrogen-bond donors (Lipinski definition) is 1. The molecule has 0 aromatic heterocycles. The molecule has 18 heavy (non-hydrogen) atoms. The minimum Gasteiger partial charge on any atom is -0.495 e. The van der Waals surface area contributed by atoms with Crippen LogP contribution in [0.2, 0.25) is 5.02 Å². The molecule has 0 amide bonds. The first-order chi connectivity index (χ1) is 8.69. The van der Waals surface area contributed by atoms with E-state index < -0.39 is 0 Å². The summed E-state index contributed by atoms with van der Waals surface area (Å²) in [5.41, 5.74) is 2.42. The van der Waals surface area contributed by atoms with Crippen molar-refractivity contribution in [3.63, 3.8) is 0 Å². The van der Waals surface area contributed by atoms with Crippen LogP contribution in [-0.4, -0.2) is 20.2 Å². The Labute approximate surface area is 114 Å². The van der Waals surface area contributed by atoms with E-state index in [2.05, 4.69) is 18.3 Å². The number of hydrogen-bond acceptors (Lipinski definition) is 3. The van der Waals surface area contributed by atoms with Gasteiger partial charge >= 0.3 is 0 Å². The summed E-state index contributed by atoms with van der Waals surface area (Å²) in [6.45, 7) is 3.84. The maximum Gasteiger partial charge on any atom is 0.137 e. The lowest BCUT2D eigenvalue weighted by Gasteiger charge is -2.10. The molecule has 1 aromatic carbocycles. The Morgan fingerprint density at radius 1 is 1.39 bits per heavy atom. The highest BCUT2D eigenvalue weighted by molar-refractivity contribution is 6.32. The van der Waals surface area contributed by atoms with Crippen molar-refractivity contribution in [3.8, 4) is 11.8 Å². The van der Waals surface area contributed by atoms with Gasteiger partial charge in [0, 0.05) is 6.42 Å². The van der Waals surface area contributed by atoms with Crippen LogP contribution in [0.15, 0.2) is 12.1 Å². The first kappa shape index (κ1) is 14.8. The van der Waals surface area contributed by atoms with Crippen LogP contribution in [0.25, 0.3) is 0 Å². The molecule has 1 aromatic rings. The van der Waals surface area contributed by atoms with Crippen molar-refractivity contribution in [2.24, 2.45) is 0 Å². The average Bonchev–Trinajstić information content (AvgIpc) is 2.37. The molecule has 4 heteroatoms. The summed E-state index contributed by atoms with van der Waals surface area (Å²) in [7, 11) is 1.62. The number of unbranched alkanes of at least 4 members (excludes halogenated alkanes) is 1. The summed E-state index contributed by atoms with van der Waals surface area (Å²) in [6.07, 6.45) is 2.45. The third kappa shape index (κ3) is 4.56. The second kappa shape index (κ2) is 7.97. The summed E-state index contributed by atoms with van der Waals surface area (Å²) in [5.74, 6) is 0.722. The van der Waals surface area contributed by atoms with Crippen molar-refractivity contribution in [1.29, 1.82) is 5.26 Å². The second-order valence-electron chi connectivity index (χ2n) is 4.17. The number of methoxy groups -OCH3 is 1. The van der Waals surface area contributed by atoms with Crippen molar-refractivity contribution in [2.75, 3.05) is 20.2 Å². The minimum absolute atomic E-state index is 0.611. The van der Waals surface area contributed by atoms with E-state index in [9.17, 15) is 0 Å². The summed E-state index contributed by atoms with van der Waals surface area (Å²) in [6, 6.07) is 6.06. The maximum atomic E-state index is 8.41. The zero-order valence-corrected chi connectivity index (χ0v) is 11.7. The largest absolute Gasteiger partial charge is 0.495 e. The fourth-order valence-electron chi connectivity index (χ4n) is 1.76. The topological polar surface area (TPSA) is 45.0 Å². The molecule has 0 aliphatic rings. The van der Waals surface area contributed by atoms with Crippen LogP contribution in [0.1, 0.15) is 24.0 Å². The van der Waals surface area contributed by atoms with Crippen LogP contribution in [0.4, 0.5) is 0 Å². The predicted molar refractivity (Wildman–Crippen MR) is 74.2 cm³/mol. The number of ether oxygens (including phenoxy) is 1. The van der Waals surface area contributed by atoms with Gasteiger partial charge in [-0.15, -0.1) is 0 Å². The number of halogens is 1. The average molecular weight is 267 g/mol. The molecule has 0 fully saturated rings. The predicted octanol–water partition coefficient (Wildman–Crippen LogP) is 3.09. The highest BCUT2D eigenvalue weighted by Gasteiger charge is 2.05. The Hall–Kier alpha value is -1.24. The van der Waals surface area contributed by atoms with E-state index in [1.54, 1.807) is 7.11 Å². The Kier molecular flexibility index (Phi) is 6.56. The normalized spacial score (nSPS) is 10.1. The van der Waals surface area contributed by atoms with Gasteiger partial charge in [0.25, 0.3) is 0 Å². The van der Waals surface area contributed by atoms with Crippen molar-refractivity contribution in [2.45, 2.75) is 26.2 Å². The van der Waals surface area contributed by atoms with E-state index in [1.807, 2.05) is 12.1 Å². The lowest BCUT2D eigenvalue weighted by Crippen LogP contribution is -2.18. The van der Waals surface area contributed by atoms with Gasteiger partial charge in [0.05, 0.1) is 18.2 Å². The van der Waals surface area contributed by atoms with Crippen molar-refractivity contribution < 1.29 is 4.74 Å². The Bertz CT molecular complexity index is 427. The van der Waals surface area contributed by atoms with Crippen LogP contribution in [-0.2, 0) is 6.42 Å². The van der Waals surface area contributed by atoms with Crippen LogP contribution in [0.3, 0.4) is 0 Å². The van der Waals surface area contributed by atoms with Crippen molar-refractivity contribution in [1.82, 2.24) is 5.32 Å². The van der Waals surface area contributed by atoms with Gasteiger partial charge in [-0.05, 0) is 56.1 Å². The number of benzene rings is 1. The minimum atomic E-state index is 0.611. The lowest BCUT2D eigenvalue weighted by atomic mass is 10.1. The molecule has 1 rings (SSSR count). The van der Waals surface area contributed by atoms with Crippen LogP contribution in [0.5, 0.6) is 5.75 Å². The highest BCUT2D eigenvalue weighted by Crippen LogP contribution is 2.27. The molecular weight excluding hydrogens is 248 g/mol. The molecule has 0 radical (unpaired) electrons. The van der Waals surface area contributed by atoms with E-state index in [0.717, 1.165) is 31.7 Å². The molecule has 0 heterocycles. The first-order valence-electron chi connectivity index (χ1n) is 6.09. The number of aryl methyl sites for hydroxylation is 1. The van der Waals surface area contributed by atoms with Crippen LogP contribution >= 0.6 is 11.6 Å². The fraction of sp³-hybridized carbons (Fsp3) is 0.500. The van der Waals surface area contributed by atoms with E-state index >= 15 is 0 Å². The molecule has 0 spiro atoms. The summed E-state index contributed by atoms with van der Waals surface area (Å²) < 4.78 is 5.17. The van der Waals surface area contributed by atoms with Crippen LogP contribution < -0.4 is 10.1 Å². The SMILES string of the molecule is COc1cc(C)c(CCNCCCC#N)cc1Cl. The summed E-state index contributed by atoms with van der Waals surface area (Å²) in [5, 5.41) is 12.4. The molecule has 0 saturated heterocycles. The molecule has 0 unspecified atom stereocenters. The second-order valence-corrected chi connectivity index (χ2v) is 4.58. The highest BCUT2D eigenvalue weighted by atomic mass is 35.5. The number of nitriles is 1. The third-order valence-corrected chi connectivity index (χ3v) is 3.12. The van der Waals surface area contributed by atoms with Gasteiger partial charge < -0.3 is 10.1 Å². The molecule has 0 aliphatic carbocycles. The van der Waals surface area contributed by atoms with E-state index in [-0.39, 0.29) is 0 Å². The lowest BCUT2D eigenvalue weighted by molar-refractivity contribution is 0.414. The number of rotatable bonds is 7. The zero-order valence-electron chi connectivity index (χ0n) is 10.9. The quantitative estimate of drug-likeness (QED) is 0.772. The third-order valence-electron chi connectivity index (χ3n) is 2.82. The van der Waals surface area contributed by atoms with E-state index in [1.165, 1.54) is 11.1 Å². The smallest absolute Gasteiger partial charge is 0.137 e. The van der Waals surface area contributed by atoms with Gasteiger partial charge in [0.15, 0.2) is 0 Å². The Morgan fingerprint density at radius 2 is 2.17 bits per heavy atom. The molecule has 0 bridgehead atoms. The molecule has 0 atom stereocenters.